The lowest BCUT2D eigenvalue weighted by Crippen LogP contribution is -2.18. The molecule has 0 fully saturated rings. The summed E-state index contributed by atoms with van der Waals surface area (Å²) in [4.78, 5) is 5.73. The standard InChI is InChI=1S/C11H20N2S/c1-8(2)5-12-6-10-7-13-11(14-10)9(3)4/h7-9,12H,5-6H2,1-4H3. The first kappa shape index (κ1) is 11.7. The van der Waals surface area contributed by atoms with Gasteiger partial charge in [-0.15, -0.1) is 11.3 Å². The molecule has 14 heavy (non-hydrogen) atoms. The summed E-state index contributed by atoms with van der Waals surface area (Å²) in [7, 11) is 0. The minimum atomic E-state index is 0.554. The van der Waals surface area contributed by atoms with E-state index in [2.05, 4.69) is 38.0 Å². The minimum absolute atomic E-state index is 0.554. The minimum Gasteiger partial charge on any atom is -0.312 e. The second kappa shape index (κ2) is 5.47. The summed E-state index contributed by atoms with van der Waals surface area (Å²) in [6.07, 6.45) is 1.99. The second-order valence-corrected chi connectivity index (χ2v) is 5.49. The highest BCUT2D eigenvalue weighted by molar-refractivity contribution is 7.11. The van der Waals surface area contributed by atoms with Crippen LogP contribution in [0.25, 0.3) is 0 Å². The van der Waals surface area contributed by atoms with Crippen LogP contribution in [-0.2, 0) is 6.54 Å². The van der Waals surface area contributed by atoms with Crippen molar-refractivity contribution in [1.29, 1.82) is 0 Å². The molecule has 0 unspecified atom stereocenters. The molecule has 0 aliphatic rings. The van der Waals surface area contributed by atoms with E-state index in [1.54, 1.807) is 0 Å². The van der Waals surface area contributed by atoms with E-state index >= 15 is 0 Å². The van der Waals surface area contributed by atoms with Gasteiger partial charge in [0.2, 0.25) is 0 Å². The predicted molar refractivity (Wildman–Crippen MR) is 62.7 cm³/mol. The normalized spacial score (nSPS) is 11.6. The summed E-state index contributed by atoms with van der Waals surface area (Å²) >= 11 is 1.82. The topological polar surface area (TPSA) is 24.9 Å². The maximum Gasteiger partial charge on any atom is 0.0953 e. The molecule has 1 rings (SSSR count). The van der Waals surface area contributed by atoms with Gasteiger partial charge in [0, 0.05) is 23.5 Å². The maximum atomic E-state index is 4.39. The van der Waals surface area contributed by atoms with Crippen molar-refractivity contribution in [3.8, 4) is 0 Å². The number of nitrogens with zero attached hydrogens (tertiary/aromatic N) is 1. The van der Waals surface area contributed by atoms with Crippen molar-refractivity contribution in [1.82, 2.24) is 10.3 Å². The largest absolute Gasteiger partial charge is 0.312 e. The molecule has 2 nitrogen and oxygen atoms in total. The zero-order valence-electron chi connectivity index (χ0n) is 9.50. The molecule has 0 bridgehead atoms. The third-order valence-corrected chi connectivity index (χ3v) is 3.22. The van der Waals surface area contributed by atoms with Gasteiger partial charge >= 0.3 is 0 Å². The van der Waals surface area contributed by atoms with Gasteiger partial charge in [0.05, 0.1) is 5.01 Å². The Labute approximate surface area is 90.8 Å². The van der Waals surface area contributed by atoms with Crippen LogP contribution in [-0.4, -0.2) is 11.5 Å². The molecule has 1 heterocycles. The van der Waals surface area contributed by atoms with E-state index in [1.807, 2.05) is 17.5 Å². The fourth-order valence-corrected chi connectivity index (χ4v) is 2.04. The van der Waals surface area contributed by atoms with Gasteiger partial charge in [-0.3, -0.25) is 0 Å². The molecule has 0 amide bonds. The van der Waals surface area contributed by atoms with E-state index in [1.165, 1.54) is 9.88 Å². The van der Waals surface area contributed by atoms with Crippen molar-refractivity contribution in [2.75, 3.05) is 6.54 Å². The Balaban J connectivity index is 2.36. The fourth-order valence-electron chi connectivity index (χ4n) is 1.16. The van der Waals surface area contributed by atoms with Crippen molar-refractivity contribution in [2.24, 2.45) is 5.92 Å². The second-order valence-electron chi connectivity index (χ2n) is 4.34. The number of thiazole rings is 1. The van der Waals surface area contributed by atoms with E-state index < -0.39 is 0 Å². The zero-order valence-corrected chi connectivity index (χ0v) is 10.3. The predicted octanol–water partition coefficient (Wildman–Crippen LogP) is 3.01. The van der Waals surface area contributed by atoms with Crippen LogP contribution in [0.3, 0.4) is 0 Å². The van der Waals surface area contributed by atoms with E-state index in [0.717, 1.165) is 13.1 Å². The molecule has 0 aliphatic carbocycles. The summed E-state index contributed by atoms with van der Waals surface area (Å²) in [5.74, 6) is 1.27. The van der Waals surface area contributed by atoms with Crippen molar-refractivity contribution in [2.45, 2.75) is 40.2 Å². The molecule has 1 aromatic heterocycles. The Morgan fingerprint density at radius 3 is 2.57 bits per heavy atom. The first-order valence-electron chi connectivity index (χ1n) is 5.25. The lowest BCUT2D eigenvalue weighted by atomic mass is 10.2. The number of nitrogens with one attached hydrogen (secondary N) is 1. The molecular weight excluding hydrogens is 192 g/mol. The van der Waals surface area contributed by atoms with Gasteiger partial charge in [0.25, 0.3) is 0 Å². The molecule has 1 aromatic rings. The highest BCUT2D eigenvalue weighted by atomic mass is 32.1. The number of rotatable bonds is 5. The Morgan fingerprint density at radius 1 is 1.36 bits per heavy atom. The number of hydrogen-bond donors (Lipinski definition) is 1. The Hall–Kier alpha value is -0.410. The molecule has 0 aromatic carbocycles. The summed E-state index contributed by atoms with van der Waals surface area (Å²) in [5.41, 5.74) is 0. The Kier molecular flexibility index (Phi) is 4.55. The Morgan fingerprint density at radius 2 is 2.07 bits per heavy atom. The van der Waals surface area contributed by atoms with Crippen LogP contribution in [0.4, 0.5) is 0 Å². The van der Waals surface area contributed by atoms with Gasteiger partial charge < -0.3 is 5.32 Å². The van der Waals surface area contributed by atoms with Gasteiger partial charge in [-0.05, 0) is 12.5 Å². The molecule has 0 atom stereocenters. The molecule has 0 radical (unpaired) electrons. The molecule has 0 spiro atoms. The van der Waals surface area contributed by atoms with Gasteiger partial charge in [0.15, 0.2) is 0 Å². The molecule has 0 saturated heterocycles. The summed E-state index contributed by atoms with van der Waals surface area (Å²) in [6, 6.07) is 0. The molecule has 80 valence electrons. The van der Waals surface area contributed by atoms with Crippen LogP contribution in [0.15, 0.2) is 6.20 Å². The van der Waals surface area contributed by atoms with E-state index in [9.17, 15) is 0 Å². The third kappa shape index (κ3) is 3.76. The molecule has 0 saturated carbocycles. The van der Waals surface area contributed by atoms with Gasteiger partial charge in [-0.1, -0.05) is 27.7 Å². The summed E-state index contributed by atoms with van der Waals surface area (Å²) in [5, 5.41) is 4.67. The number of aromatic nitrogens is 1. The highest BCUT2D eigenvalue weighted by Gasteiger charge is 2.05. The summed E-state index contributed by atoms with van der Waals surface area (Å²) in [6.45, 7) is 10.9. The van der Waals surface area contributed by atoms with Crippen molar-refractivity contribution < 1.29 is 0 Å². The molecule has 1 N–H and O–H groups in total. The fraction of sp³-hybridized carbons (Fsp3) is 0.727. The van der Waals surface area contributed by atoms with Gasteiger partial charge in [0.1, 0.15) is 0 Å². The highest BCUT2D eigenvalue weighted by Crippen LogP contribution is 2.20. The van der Waals surface area contributed by atoms with Crippen LogP contribution in [0.1, 0.15) is 43.5 Å². The smallest absolute Gasteiger partial charge is 0.0953 e. The molecular formula is C11H20N2S. The average molecular weight is 212 g/mol. The average Bonchev–Trinajstić information content (AvgIpc) is 2.52. The van der Waals surface area contributed by atoms with E-state index in [4.69, 9.17) is 0 Å². The zero-order chi connectivity index (χ0) is 10.6. The van der Waals surface area contributed by atoms with Crippen LogP contribution in [0, 0.1) is 5.92 Å². The summed E-state index contributed by atoms with van der Waals surface area (Å²) < 4.78 is 0. The monoisotopic (exact) mass is 212 g/mol. The van der Waals surface area contributed by atoms with Crippen LogP contribution < -0.4 is 5.32 Å². The Bertz CT molecular complexity index is 266. The third-order valence-electron chi connectivity index (χ3n) is 1.92. The van der Waals surface area contributed by atoms with Gasteiger partial charge in [-0.2, -0.15) is 0 Å². The molecule has 0 aliphatic heterocycles. The van der Waals surface area contributed by atoms with Crippen LogP contribution in [0.2, 0.25) is 0 Å². The van der Waals surface area contributed by atoms with E-state index in [-0.39, 0.29) is 0 Å². The number of hydrogen-bond acceptors (Lipinski definition) is 3. The van der Waals surface area contributed by atoms with Gasteiger partial charge in [-0.25, -0.2) is 4.98 Å². The van der Waals surface area contributed by atoms with Crippen molar-refractivity contribution in [3.05, 3.63) is 16.1 Å². The van der Waals surface area contributed by atoms with Crippen molar-refractivity contribution >= 4 is 11.3 Å². The quantitative estimate of drug-likeness (QED) is 0.811. The lowest BCUT2D eigenvalue weighted by molar-refractivity contribution is 0.554. The SMILES string of the molecule is CC(C)CNCc1cnc(C(C)C)s1. The lowest BCUT2D eigenvalue weighted by Gasteiger charge is -2.04. The van der Waals surface area contributed by atoms with Crippen LogP contribution in [0.5, 0.6) is 0 Å². The van der Waals surface area contributed by atoms with E-state index in [0.29, 0.717) is 11.8 Å². The first-order chi connectivity index (χ1) is 6.59. The first-order valence-corrected chi connectivity index (χ1v) is 6.06. The molecule has 3 heteroatoms. The van der Waals surface area contributed by atoms with Crippen LogP contribution >= 0.6 is 11.3 Å². The van der Waals surface area contributed by atoms with Crippen molar-refractivity contribution in [3.63, 3.8) is 0 Å². The maximum absolute atomic E-state index is 4.39.